The van der Waals surface area contributed by atoms with Crippen LogP contribution in [0.25, 0.3) is 11.3 Å². The van der Waals surface area contributed by atoms with Gasteiger partial charge in [0.2, 0.25) is 0 Å². The van der Waals surface area contributed by atoms with Crippen LogP contribution in [0.4, 0.5) is 0 Å². The van der Waals surface area contributed by atoms with Crippen LogP contribution >= 0.6 is 0 Å². The predicted molar refractivity (Wildman–Crippen MR) is 94.1 cm³/mol. The van der Waals surface area contributed by atoms with Crippen LogP contribution in [0.15, 0.2) is 52.8 Å². The minimum atomic E-state index is -0.558. The zero-order valence-electron chi connectivity index (χ0n) is 14.3. The first kappa shape index (κ1) is 16.6. The Morgan fingerprint density at radius 3 is 2.88 bits per heavy atom. The molecule has 0 unspecified atom stereocenters. The van der Waals surface area contributed by atoms with Crippen molar-refractivity contribution in [3.05, 3.63) is 54.0 Å². The molecule has 2 heterocycles. The number of hydrogen-bond acceptors (Lipinski definition) is 7. The van der Waals surface area contributed by atoms with Gasteiger partial charge >= 0.3 is 0 Å². The monoisotopic (exact) mass is 355 g/mol. The molecule has 2 aliphatic rings. The van der Waals surface area contributed by atoms with Gasteiger partial charge in [0.05, 0.1) is 17.8 Å². The number of aliphatic hydroxyl groups excluding tert-OH is 1. The molecule has 4 rings (SSSR count). The second-order valence-electron chi connectivity index (χ2n) is 6.61. The van der Waals surface area contributed by atoms with Gasteiger partial charge in [-0.2, -0.15) is 0 Å². The summed E-state index contributed by atoms with van der Waals surface area (Å²) in [5, 5.41) is 18.5. The highest BCUT2D eigenvalue weighted by Crippen LogP contribution is 2.29. The Kier molecular flexibility index (Phi) is 4.36. The lowest BCUT2D eigenvalue weighted by molar-refractivity contribution is 0.0545. The quantitative estimate of drug-likeness (QED) is 0.638. The Balaban J connectivity index is 1.32. The molecule has 0 spiro atoms. The molecule has 1 saturated carbocycles. The smallest absolute Gasteiger partial charge is 0.273 e. The fraction of sp³-hybridized carbons (Fsp3) is 0.333. The first-order valence-electron chi connectivity index (χ1n) is 8.63. The Bertz CT molecular complexity index is 811. The van der Waals surface area contributed by atoms with Crippen LogP contribution in [0.2, 0.25) is 0 Å². The second-order valence-corrected chi connectivity index (χ2v) is 6.61. The number of aromatic nitrogens is 1. The van der Waals surface area contributed by atoms with E-state index >= 15 is 0 Å². The van der Waals surface area contributed by atoms with Gasteiger partial charge in [-0.3, -0.25) is 9.80 Å². The maximum absolute atomic E-state index is 12.4. The number of nitrogens with zero attached hydrogens (tertiary/aromatic N) is 2. The van der Waals surface area contributed by atoms with E-state index < -0.39 is 6.10 Å². The van der Waals surface area contributed by atoms with Crippen LogP contribution in [-0.2, 0) is 0 Å². The van der Waals surface area contributed by atoms with E-state index in [2.05, 4.69) is 21.4 Å². The lowest BCUT2D eigenvalue weighted by atomic mass is 9.85. The van der Waals surface area contributed by atoms with E-state index in [0.29, 0.717) is 5.76 Å². The molecule has 8 nitrogen and oxygen atoms in total. The van der Waals surface area contributed by atoms with Crippen molar-refractivity contribution in [1.29, 1.82) is 0 Å². The van der Waals surface area contributed by atoms with Crippen LogP contribution in [0, 0.1) is 0 Å². The predicted octanol–water partition coefficient (Wildman–Crippen LogP) is 1.15. The summed E-state index contributed by atoms with van der Waals surface area (Å²) in [6, 6.07) is 11.5. The number of hydrogen-bond donors (Lipinski definition) is 4. The van der Waals surface area contributed by atoms with Crippen LogP contribution in [0.1, 0.15) is 30.3 Å². The van der Waals surface area contributed by atoms with Crippen molar-refractivity contribution in [2.45, 2.75) is 38.0 Å². The van der Waals surface area contributed by atoms with E-state index in [-0.39, 0.29) is 23.7 Å². The lowest BCUT2D eigenvalue weighted by Crippen LogP contribution is -2.57. The summed E-state index contributed by atoms with van der Waals surface area (Å²) in [7, 11) is 0. The van der Waals surface area contributed by atoms with Crippen molar-refractivity contribution in [2.75, 3.05) is 0 Å². The highest BCUT2D eigenvalue weighted by Gasteiger charge is 2.38. The molecule has 4 N–H and O–H groups in total. The van der Waals surface area contributed by atoms with Crippen molar-refractivity contribution >= 4 is 5.91 Å². The van der Waals surface area contributed by atoms with E-state index in [4.69, 9.17) is 4.52 Å². The lowest BCUT2D eigenvalue weighted by Gasteiger charge is -2.42. The van der Waals surface area contributed by atoms with Crippen molar-refractivity contribution in [3.63, 3.8) is 0 Å². The average molecular weight is 355 g/mol. The molecular weight excluding hydrogens is 334 g/mol. The summed E-state index contributed by atoms with van der Waals surface area (Å²) >= 11 is 0. The highest BCUT2D eigenvalue weighted by molar-refractivity contribution is 5.93. The number of amides is 1. The number of benzene rings is 1. The molecule has 1 aliphatic heterocycles. The number of carbonyl (C=O) groups is 1. The van der Waals surface area contributed by atoms with Crippen molar-refractivity contribution in [2.24, 2.45) is 0 Å². The molecule has 1 amide bonds. The molecule has 0 bridgehead atoms. The summed E-state index contributed by atoms with van der Waals surface area (Å²) in [6.45, 7) is 1.72. The summed E-state index contributed by atoms with van der Waals surface area (Å²) in [4.78, 5) is 12.4. The Labute approximate surface area is 150 Å². The van der Waals surface area contributed by atoms with E-state index in [1.807, 2.05) is 35.3 Å². The van der Waals surface area contributed by atoms with Gasteiger partial charge in [0.25, 0.3) is 5.91 Å². The molecule has 26 heavy (non-hydrogen) atoms. The zero-order chi connectivity index (χ0) is 18.1. The molecule has 1 aromatic heterocycles. The zero-order valence-corrected chi connectivity index (χ0v) is 14.3. The molecular formula is C18H21N5O3. The minimum absolute atomic E-state index is 0.0713. The molecule has 1 fully saturated rings. The Morgan fingerprint density at radius 2 is 2.15 bits per heavy atom. The van der Waals surface area contributed by atoms with Gasteiger partial charge in [0.15, 0.2) is 11.5 Å². The van der Waals surface area contributed by atoms with Crippen LogP contribution < -0.4 is 16.3 Å². The van der Waals surface area contributed by atoms with Gasteiger partial charge in [-0.25, -0.2) is 0 Å². The fourth-order valence-corrected chi connectivity index (χ4v) is 3.23. The van der Waals surface area contributed by atoms with E-state index in [0.717, 1.165) is 24.1 Å². The fourth-order valence-electron chi connectivity index (χ4n) is 3.23. The third kappa shape index (κ3) is 3.16. The van der Waals surface area contributed by atoms with Gasteiger partial charge in [0, 0.05) is 23.9 Å². The number of nitrogens with one attached hydrogen (secondary N) is 3. The second kappa shape index (κ2) is 6.81. The van der Waals surface area contributed by atoms with Crippen LogP contribution in [0.3, 0.4) is 0 Å². The van der Waals surface area contributed by atoms with E-state index in [9.17, 15) is 9.90 Å². The number of hydrazine groups is 2. The van der Waals surface area contributed by atoms with Crippen molar-refractivity contribution < 1.29 is 14.4 Å². The van der Waals surface area contributed by atoms with Gasteiger partial charge in [-0.1, -0.05) is 35.5 Å². The summed E-state index contributed by atoms with van der Waals surface area (Å²) in [5.41, 5.74) is 7.86. The molecule has 1 aromatic carbocycles. The molecule has 1 atom stereocenters. The molecule has 136 valence electrons. The number of carbonyl (C=O) groups excluding carboxylic acids is 1. The molecule has 1 aliphatic carbocycles. The molecule has 2 aromatic rings. The first-order chi connectivity index (χ1) is 12.6. The number of rotatable bonds is 5. The average Bonchev–Trinajstić information content (AvgIpc) is 3.27. The van der Waals surface area contributed by atoms with Gasteiger partial charge < -0.3 is 20.4 Å². The van der Waals surface area contributed by atoms with Crippen LogP contribution in [0.5, 0.6) is 0 Å². The van der Waals surface area contributed by atoms with E-state index in [1.54, 1.807) is 19.2 Å². The van der Waals surface area contributed by atoms with Crippen molar-refractivity contribution in [1.82, 2.24) is 26.4 Å². The maximum Gasteiger partial charge on any atom is 0.273 e. The van der Waals surface area contributed by atoms with Gasteiger partial charge in [-0.05, 0) is 19.8 Å². The van der Waals surface area contributed by atoms with Gasteiger partial charge in [-0.15, -0.1) is 5.53 Å². The summed E-state index contributed by atoms with van der Waals surface area (Å²) in [6.07, 6.45) is 2.76. The molecule has 8 heteroatoms. The third-order valence-electron chi connectivity index (χ3n) is 4.73. The Morgan fingerprint density at radius 1 is 1.38 bits per heavy atom. The Hall–Kier alpha value is -2.84. The largest absolute Gasteiger partial charge is 0.387 e. The van der Waals surface area contributed by atoms with Crippen LogP contribution in [-0.4, -0.2) is 39.4 Å². The first-order valence-corrected chi connectivity index (χ1v) is 8.63. The highest BCUT2D eigenvalue weighted by atomic mass is 16.5. The maximum atomic E-state index is 12.4. The topological polar surface area (TPSA) is 103 Å². The van der Waals surface area contributed by atoms with Crippen molar-refractivity contribution in [3.8, 4) is 11.3 Å². The third-order valence-corrected chi connectivity index (χ3v) is 4.73. The van der Waals surface area contributed by atoms with E-state index in [1.165, 1.54) is 0 Å². The summed E-state index contributed by atoms with van der Waals surface area (Å²) in [5.74, 6) is 0.333. The number of aliphatic hydroxyl groups is 1. The SMILES string of the molecule is C[C@@H](O)C1=CNNN1C1CC(NC(=O)c2cc(-c3ccccc3)on2)C1. The van der Waals surface area contributed by atoms with Gasteiger partial charge in [0.1, 0.15) is 0 Å². The summed E-state index contributed by atoms with van der Waals surface area (Å²) < 4.78 is 5.28. The molecule has 0 saturated heterocycles. The minimum Gasteiger partial charge on any atom is -0.387 e. The standard InChI is InChI=1S/C18H21N5O3/c1-11(24)16-10-19-22-23(16)14-7-13(8-14)20-18(25)15-9-17(26-21-15)12-5-3-2-4-6-12/h2-6,9-11,13-14,19,22,24H,7-8H2,1H3,(H,20,25)/t11-,13?,14?/m1/s1. The molecule has 0 radical (unpaired) electrons. The normalized spacial score (nSPS) is 23.0.